The van der Waals surface area contributed by atoms with Gasteiger partial charge in [0.1, 0.15) is 5.82 Å². The maximum Gasteiger partial charge on any atom is 0.164 e. The van der Waals surface area contributed by atoms with Crippen LogP contribution in [0.1, 0.15) is 16.9 Å². The van der Waals surface area contributed by atoms with E-state index in [1.807, 2.05) is 23.5 Å². The van der Waals surface area contributed by atoms with Crippen molar-refractivity contribution in [3.05, 3.63) is 11.6 Å². The molecule has 1 aliphatic heterocycles. The van der Waals surface area contributed by atoms with Crippen LogP contribution in [0.4, 0.5) is 0 Å². The molecule has 0 aromatic carbocycles. The molecule has 3 N–H and O–H groups in total. The van der Waals surface area contributed by atoms with Gasteiger partial charge in [0.25, 0.3) is 0 Å². The van der Waals surface area contributed by atoms with Crippen LogP contribution >= 0.6 is 23.5 Å². The average Bonchev–Trinajstić information content (AvgIpc) is 2.67. The first-order chi connectivity index (χ1) is 6.40. The second-order valence-electron chi connectivity index (χ2n) is 2.78. The monoisotopic (exact) mass is 216 g/mol. The number of H-pyrrole nitrogens is 1. The fourth-order valence-electron chi connectivity index (χ4n) is 1.18. The zero-order valence-corrected chi connectivity index (χ0v) is 8.83. The van der Waals surface area contributed by atoms with Crippen LogP contribution in [0.15, 0.2) is 0 Å². The predicted molar refractivity (Wildman–Crippen MR) is 56.8 cm³/mol. The number of nitrogens with two attached hydrogens (primary N) is 1. The predicted octanol–water partition coefficient (Wildman–Crippen LogP) is 0.784. The molecule has 1 aliphatic rings. The maximum atomic E-state index is 5.45. The molecule has 0 saturated carbocycles. The fourth-order valence-corrected chi connectivity index (χ4v) is 3.78. The first-order valence-electron chi connectivity index (χ1n) is 4.20. The zero-order valence-electron chi connectivity index (χ0n) is 7.19. The SMILES string of the molecule is NCc1nc(C2CSCCS2)n[nH]1. The largest absolute Gasteiger partial charge is 0.324 e. The van der Waals surface area contributed by atoms with Gasteiger partial charge >= 0.3 is 0 Å². The van der Waals surface area contributed by atoms with Crippen molar-refractivity contribution in [1.29, 1.82) is 0 Å². The standard InChI is InChI=1S/C7H12N4S2/c8-3-6-9-7(11-10-6)5-4-12-1-2-13-5/h5H,1-4,8H2,(H,9,10,11). The molecule has 0 aliphatic carbocycles. The Morgan fingerprint density at radius 2 is 2.46 bits per heavy atom. The highest BCUT2D eigenvalue weighted by Crippen LogP contribution is 2.34. The number of nitrogens with zero attached hydrogens (tertiary/aromatic N) is 2. The summed E-state index contributed by atoms with van der Waals surface area (Å²) in [6.45, 7) is 0.442. The molecule has 1 saturated heterocycles. The Balaban J connectivity index is 2.05. The van der Waals surface area contributed by atoms with E-state index in [0.29, 0.717) is 11.8 Å². The minimum atomic E-state index is 0.442. The minimum absolute atomic E-state index is 0.442. The van der Waals surface area contributed by atoms with Crippen LogP contribution in [0.2, 0.25) is 0 Å². The average molecular weight is 216 g/mol. The van der Waals surface area contributed by atoms with E-state index in [1.165, 1.54) is 11.5 Å². The van der Waals surface area contributed by atoms with Crippen molar-refractivity contribution in [3.63, 3.8) is 0 Å². The van der Waals surface area contributed by atoms with Gasteiger partial charge in [-0.3, -0.25) is 5.10 Å². The molecule has 0 bridgehead atoms. The molecule has 0 spiro atoms. The molecule has 1 aromatic rings. The van der Waals surface area contributed by atoms with Crippen LogP contribution in [-0.4, -0.2) is 32.4 Å². The van der Waals surface area contributed by atoms with E-state index < -0.39 is 0 Å². The third-order valence-electron chi connectivity index (χ3n) is 1.85. The van der Waals surface area contributed by atoms with Gasteiger partial charge in [0.15, 0.2) is 5.82 Å². The summed E-state index contributed by atoms with van der Waals surface area (Å²) in [6, 6.07) is 0. The normalized spacial score (nSPS) is 23.3. The Bertz CT molecular complexity index is 269. The van der Waals surface area contributed by atoms with Crippen molar-refractivity contribution in [2.75, 3.05) is 17.3 Å². The number of hydrogen-bond acceptors (Lipinski definition) is 5. The fraction of sp³-hybridized carbons (Fsp3) is 0.714. The van der Waals surface area contributed by atoms with Crippen LogP contribution < -0.4 is 5.73 Å². The van der Waals surface area contributed by atoms with Gasteiger partial charge in [-0.2, -0.15) is 16.9 Å². The third kappa shape index (κ3) is 2.18. The zero-order chi connectivity index (χ0) is 9.10. The molecule has 1 aromatic heterocycles. The maximum absolute atomic E-state index is 5.45. The van der Waals surface area contributed by atoms with Gasteiger partial charge in [0.2, 0.25) is 0 Å². The summed E-state index contributed by atoms with van der Waals surface area (Å²) in [5, 5.41) is 7.46. The lowest BCUT2D eigenvalue weighted by molar-refractivity contribution is 0.915. The summed E-state index contributed by atoms with van der Waals surface area (Å²) in [5.74, 6) is 5.26. The van der Waals surface area contributed by atoms with E-state index in [9.17, 15) is 0 Å². The summed E-state index contributed by atoms with van der Waals surface area (Å²) in [4.78, 5) is 4.33. The van der Waals surface area contributed by atoms with Crippen LogP contribution in [0.3, 0.4) is 0 Å². The van der Waals surface area contributed by atoms with E-state index >= 15 is 0 Å². The molecule has 1 atom stereocenters. The smallest absolute Gasteiger partial charge is 0.164 e. The first kappa shape index (κ1) is 9.36. The number of nitrogens with one attached hydrogen (secondary N) is 1. The van der Waals surface area contributed by atoms with Gasteiger partial charge in [-0.25, -0.2) is 4.98 Å². The van der Waals surface area contributed by atoms with Crippen molar-refractivity contribution in [3.8, 4) is 0 Å². The molecule has 6 heteroatoms. The number of aromatic nitrogens is 3. The summed E-state index contributed by atoms with van der Waals surface area (Å²) in [7, 11) is 0. The Morgan fingerprint density at radius 1 is 1.54 bits per heavy atom. The summed E-state index contributed by atoms with van der Waals surface area (Å²) < 4.78 is 0. The molecule has 0 radical (unpaired) electrons. The van der Waals surface area contributed by atoms with Gasteiger partial charge in [-0.05, 0) is 0 Å². The number of hydrogen-bond donors (Lipinski definition) is 2. The molecule has 1 unspecified atom stereocenters. The molecule has 0 amide bonds. The highest BCUT2D eigenvalue weighted by Gasteiger charge is 2.20. The van der Waals surface area contributed by atoms with E-state index in [-0.39, 0.29) is 0 Å². The molecule has 2 rings (SSSR count). The summed E-state index contributed by atoms with van der Waals surface area (Å²) >= 11 is 3.90. The Labute approximate surface area is 85.5 Å². The molecular formula is C7H12N4S2. The Hall–Kier alpha value is -0.200. The summed E-state index contributed by atoms with van der Waals surface area (Å²) in [5.41, 5.74) is 5.45. The van der Waals surface area contributed by atoms with Crippen molar-refractivity contribution in [2.45, 2.75) is 11.8 Å². The number of thioether (sulfide) groups is 2. The van der Waals surface area contributed by atoms with E-state index in [4.69, 9.17) is 5.73 Å². The quantitative estimate of drug-likeness (QED) is 0.765. The molecule has 2 heterocycles. The Morgan fingerprint density at radius 3 is 3.08 bits per heavy atom. The molecule has 72 valence electrons. The third-order valence-corrected chi connectivity index (χ3v) is 4.60. The molecule has 4 nitrogen and oxygen atoms in total. The second kappa shape index (κ2) is 4.34. The minimum Gasteiger partial charge on any atom is -0.324 e. The first-order valence-corrected chi connectivity index (χ1v) is 6.41. The van der Waals surface area contributed by atoms with E-state index in [0.717, 1.165) is 17.4 Å². The van der Waals surface area contributed by atoms with Crippen LogP contribution in [0.25, 0.3) is 0 Å². The summed E-state index contributed by atoms with van der Waals surface area (Å²) in [6.07, 6.45) is 0. The van der Waals surface area contributed by atoms with E-state index in [1.54, 1.807) is 0 Å². The van der Waals surface area contributed by atoms with Crippen molar-refractivity contribution >= 4 is 23.5 Å². The van der Waals surface area contributed by atoms with Crippen LogP contribution in [0, 0.1) is 0 Å². The van der Waals surface area contributed by atoms with Gasteiger partial charge < -0.3 is 5.73 Å². The van der Waals surface area contributed by atoms with E-state index in [2.05, 4.69) is 15.2 Å². The van der Waals surface area contributed by atoms with Gasteiger partial charge in [0.05, 0.1) is 11.8 Å². The van der Waals surface area contributed by atoms with Gasteiger partial charge in [-0.15, -0.1) is 11.8 Å². The number of rotatable bonds is 2. The lowest BCUT2D eigenvalue weighted by Crippen LogP contribution is -2.08. The van der Waals surface area contributed by atoms with Crippen molar-refractivity contribution < 1.29 is 0 Å². The Kier molecular flexibility index (Phi) is 3.13. The van der Waals surface area contributed by atoms with Gasteiger partial charge in [0, 0.05) is 17.3 Å². The van der Waals surface area contributed by atoms with Crippen molar-refractivity contribution in [1.82, 2.24) is 15.2 Å². The van der Waals surface area contributed by atoms with Gasteiger partial charge in [-0.1, -0.05) is 0 Å². The van der Waals surface area contributed by atoms with Crippen LogP contribution in [-0.2, 0) is 6.54 Å². The van der Waals surface area contributed by atoms with Crippen LogP contribution in [0.5, 0.6) is 0 Å². The highest BCUT2D eigenvalue weighted by atomic mass is 32.2. The molecule has 13 heavy (non-hydrogen) atoms. The highest BCUT2D eigenvalue weighted by molar-refractivity contribution is 8.06. The van der Waals surface area contributed by atoms with Crippen molar-refractivity contribution in [2.24, 2.45) is 5.73 Å². The number of aromatic amines is 1. The topological polar surface area (TPSA) is 67.6 Å². The molecule has 1 fully saturated rings. The molecular weight excluding hydrogens is 204 g/mol. The lowest BCUT2D eigenvalue weighted by Gasteiger charge is -2.17. The lowest BCUT2D eigenvalue weighted by atomic mass is 10.4. The second-order valence-corrected chi connectivity index (χ2v) is 5.24.